The smallest absolute Gasteiger partial charge is 0.270 e. The van der Waals surface area contributed by atoms with Gasteiger partial charge >= 0.3 is 0 Å². The Kier molecular flexibility index (Phi) is 4.73. The van der Waals surface area contributed by atoms with Crippen LogP contribution in [0.2, 0.25) is 0 Å². The average molecular weight is 369 g/mol. The molecule has 2 rings (SSSR count). The van der Waals surface area contributed by atoms with Crippen molar-refractivity contribution in [1.82, 2.24) is 0 Å². The molecule has 2 atom stereocenters. The first kappa shape index (κ1) is 19.0. The third kappa shape index (κ3) is 3.15. The van der Waals surface area contributed by atoms with Crippen molar-refractivity contribution >= 4 is 21.4 Å². The van der Waals surface area contributed by atoms with Crippen molar-refractivity contribution in [3.8, 4) is 0 Å². The summed E-state index contributed by atoms with van der Waals surface area (Å²) in [5.41, 5.74) is 3.92. The second-order valence-corrected chi connectivity index (χ2v) is 8.93. The predicted molar refractivity (Wildman–Crippen MR) is 93.7 cm³/mol. The summed E-state index contributed by atoms with van der Waals surface area (Å²) in [5.74, 6) is -1.39. The number of non-ortho nitro benzene ring substituents is 1. The van der Waals surface area contributed by atoms with Crippen LogP contribution in [0.25, 0.3) is 0 Å². The highest BCUT2D eigenvalue weighted by Crippen LogP contribution is 2.40. The van der Waals surface area contributed by atoms with Crippen LogP contribution in [0.1, 0.15) is 32.3 Å². The topological polar surface area (TPSA) is 116 Å². The lowest BCUT2D eigenvalue weighted by Crippen LogP contribution is -2.56. The normalized spacial score (nSPS) is 28.2. The molecule has 9 heteroatoms. The van der Waals surface area contributed by atoms with Gasteiger partial charge in [0.15, 0.2) is 9.84 Å². The Labute approximate surface area is 145 Å². The van der Waals surface area contributed by atoms with E-state index in [2.05, 4.69) is 11.6 Å². The summed E-state index contributed by atoms with van der Waals surface area (Å²) in [6.07, 6.45) is 2.22. The van der Waals surface area contributed by atoms with E-state index in [0.29, 0.717) is 6.42 Å². The second-order valence-electron chi connectivity index (χ2n) is 6.51. The van der Waals surface area contributed by atoms with E-state index >= 15 is 0 Å². The van der Waals surface area contributed by atoms with E-state index in [0.717, 1.165) is 18.2 Å². The van der Waals surface area contributed by atoms with E-state index in [1.54, 1.807) is 6.08 Å². The van der Waals surface area contributed by atoms with Crippen LogP contribution in [-0.2, 0) is 15.4 Å². The number of benzene rings is 1. The highest BCUT2D eigenvalue weighted by Gasteiger charge is 2.51. The summed E-state index contributed by atoms with van der Waals surface area (Å²) in [7, 11) is -3.79. The van der Waals surface area contributed by atoms with Crippen molar-refractivity contribution in [1.29, 1.82) is 0 Å². The van der Waals surface area contributed by atoms with Crippen LogP contribution in [-0.4, -0.2) is 29.7 Å². The van der Waals surface area contributed by atoms with Crippen molar-refractivity contribution in [3.05, 3.63) is 52.3 Å². The monoisotopic (exact) mass is 369 g/mol. The number of nitro groups is 1. The third-order valence-corrected chi connectivity index (χ3v) is 7.36. The Morgan fingerprint density at radius 3 is 2.64 bits per heavy atom. The van der Waals surface area contributed by atoms with Gasteiger partial charge < -0.3 is 5.73 Å². The predicted octanol–water partition coefficient (Wildman–Crippen LogP) is 2.46. The van der Waals surface area contributed by atoms with Gasteiger partial charge in [0.1, 0.15) is 21.9 Å². The van der Waals surface area contributed by atoms with Gasteiger partial charge in [-0.05, 0) is 32.8 Å². The zero-order valence-electron chi connectivity index (χ0n) is 14.0. The molecule has 0 aromatic heterocycles. The molecule has 7 nitrogen and oxygen atoms in total. The summed E-state index contributed by atoms with van der Waals surface area (Å²) < 4.78 is 38.7. The molecule has 25 heavy (non-hydrogen) atoms. The number of rotatable bonds is 5. The van der Waals surface area contributed by atoms with E-state index in [4.69, 9.17) is 5.73 Å². The minimum atomic E-state index is -3.79. The van der Waals surface area contributed by atoms with E-state index in [1.165, 1.54) is 13.8 Å². The number of hydrogen-bond acceptors (Lipinski definition) is 6. The Hall–Kier alpha value is -2.29. The molecule has 1 aromatic carbocycles. The lowest BCUT2D eigenvalue weighted by molar-refractivity contribution is -0.385. The van der Waals surface area contributed by atoms with Gasteiger partial charge in [0.25, 0.3) is 5.69 Å². The van der Waals surface area contributed by atoms with Crippen LogP contribution in [0, 0.1) is 15.9 Å². The van der Waals surface area contributed by atoms with Gasteiger partial charge in [-0.1, -0.05) is 6.08 Å². The number of nitro benzene ring substituents is 1. The van der Waals surface area contributed by atoms with Crippen molar-refractivity contribution < 1.29 is 17.7 Å². The number of allylic oxidation sites excluding steroid dienone is 1. The average Bonchev–Trinajstić information content (AvgIpc) is 2.50. The molecule has 1 aliphatic heterocycles. The first-order chi connectivity index (χ1) is 11.5. The van der Waals surface area contributed by atoms with Crippen molar-refractivity contribution in [2.24, 2.45) is 10.7 Å². The maximum Gasteiger partial charge on any atom is 0.270 e. The largest absolute Gasteiger partial charge is 0.386 e. The summed E-state index contributed by atoms with van der Waals surface area (Å²) >= 11 is 0. The number of nitrogens with two attached hydrogens (primary N) is 1. The second kappa shape index (κ2) is 6.21. The van der Waals surface area contributed by atoms with Crippen LogP contribution < -0.4 is 5.73 Å². The molecular weight excluding hydrogens is 349 g/mol. The van der Waals surface area contributed by atoms with Gasteiger partial charge in [0.2, 0.25) is 0 Å². The maximum absolute atomic E-state index is 14.3. The summed E-state index contributed by atoms with van der Waals surface area (Å²) in [4.78, 5) is 14.5. The maximum atomic E-state index is 14.3. The van der Waals surface area contributed by atoms with E-state index in [1.807, 2.05) is 0 Å². The molecular formula is C16H20FN3O4S. The molecule has 0 fully saturated rings. The zero-order chi connectivity index (χ0) is 19.0. The van der Waals surface area contributed by atoms with Crippen molar-refractivity contribution in [3.63, 3.8) is 0 Å². The molecule has 0 saturated carbocycles. The fourth-order valence-electron chi connectivity index (χ4n) is 2.94. The van der Waals surface area contributed by atoms with Gasteiger partial charge in [-0.15, -0.1) is 6.58 Å². The quantitative estimate of drug-likeness (QED) is 0.486. The Balaban J connectivity index is 2.63. The first-order valence-electron chi connectivity index (χ1n) is 7.60. The molecule has 0 aliphatic carbocycles. The minimum Gasteiger partial charge on any atom is -0.386 e. The molecule has 0 amide bonds. The Morgan fingerprint density at radius 2 is 2.12 bits per heavy atom. The number of aliphatic imine (C=N–C) groups is 1. The number of sulfone groups is 1. The molecule has 0 spiro atoms. The molecule has 0 bridgehead atoms. The van der Waals surface area contributed by atoms with Crippen molar-refractivity contribution in [2.75, 3.05) is 5.75 Å². The van der Waals surface area contributed by atoms with Crippen molar-refractivity contribution in [2.45, 2.75) is 37.0 Å². The van der Waals surface area contributed by atoms with E-state index in [-0.39, 0.29) is 23.5 Å². The fourth-order valence-corrected chi connectivity index (χ4v) is 5.02. The van der Waals surface area contributed by atoms with Gasteiger partial charge in [-0.3, -0.25) is 15.1 Å². The van der Waals surface area contributed by atoms with Crippen LogP contribution >= 0.6 is 0 Å². The highest BCUT2D eigenvalue weighted by molar-refractivity contribution is 7.93. The lowest BCUT2D eigenvalue weighted by Gasteiger charge is -2.39. The molecule has 1 unspecified atom stereocenters. The number of amidine groups is 1. The molecule has 1 heterocycles. The summed E-state index contributed by atoms with van der Waals surface area (Å²) in [6.45, 7) is 6.46. The molecule has 2 N–H and O–H groups in total. The summed E-state index contributed by atoms with van der Waals surface area (Å²) in [6, 6.07) is 2.96. The molecule has 136 valence electrons. The summed E-state index contributed by atoms with van der Waals surface area (Å²) in [5, 5.41) is 11.0. The van der Waals surface area contributed by atoms with E-state index < -0.39 is 36.6 Å². The van der Waals surface area contributed by atoms with Gasteiger partial charge in [0.05, 0.1) is 10.7 Å². The van der Waals surface area contributed by atoms with Gasteiger partial charge in [-0.25, -0.2) is 12.8 Å². The number of hydrogen-bond donors (Lipinski definition) is 1. The highest BCUT2D eigenvalue weighted by atomic mass is 32.2. The van der Waals surface area contributed by atoms with Crippen LogP contribution in [0.4, 0.5) is 10.1 Å². The molecule has 1 aliphatic rings. The Bertz CT molecular complexity index is 868. The minimum absolute atomic E-state index is 0.131. The lowest BCUT2D eigenvalue weighted by atomic mass is 9.92. The molecule has 0 saturated heterocycles. The molecule has 1 aromatic rings. The van der Waals surface area contributed by atoms with Gasteiger partial charge in [-0.2, -0.15) is 0 Å². The third-order valence-electron chi connectivity index (χ3n) is 4.63. The van der Waals surface area contributed by atoms with Crippen LogP contribution in [0.5, 0.6) is 0 Å². The Morgan fingerprint density at radius 1 is 1.48 bits per heavy atom. The number of halogens is 1. The molecule has 0 radical (unpaired) electrons. The van der Waals surface area contributed by atoms with Gasteiger partial charge in [0, 0.05) is 17.7 Å². The van der Waals surface area contributed by atoms with Crippen LogP contribution in [0.15, 0.2) is 35.8 Å². The standard InChI is InChI=1S/C16H20FN3O4S/c1-4-5-8-16(3)14(18)19-15(2,10-25(16,23)24)12-9-11(20(21)22)6-7-13(12)17/h4,6-7,9H,1,5,8,10H2,2-3H3,(H2,18,19)/t15-,16?/m0/s1. The zero-order valence-corrected chi connectivity index (χ0v) is 14.8. The van der Waals surface area contributed by atoms with E-state index in [9.17, 15) is 22.9 Å². The fraction of sp³-hybridized carbons (Fsp3) is 0.438. The SMILES string of the molecule is C=CCCC1(C)C(N)=N[C@](C)(c2cc([N+](=O)[O-])ccc2F)CS1(=O)=O. The number of nitrogens with zero attached hydrogens (tertiary/aromatic N) is 2. The first-order valence-corrected chi connectivity index (χ1v) is 9.25. The van der Waals surface area contributed by atoms with Crippen LogP contribution in [0.3, 0.4) is 0 Å².